The molecule has 38 heavy (non-hydrogen) atoms. The molecule has 2 aromatic heterocycles. The number of fused-ring (bicyclic) bond motifs is 6. The number of aromatic nitrogens is 2. The summed E-state index contributed by atoms with van der Waals surface area (Å²) in [5, 5.41) is 3.91. The lowest BCUT2D eigenvalue weighted by atomic mass is 10.0. The van der Waals surface area contributed by atoms with Crippen molar-refractivity contribution in [3.05, 3.63) is 139 Å². The lowest BCUT2D eigenvalue weighted by molar-refractivity contribution is 0.888. The van der Waals surface area contributed by atoms with Crippen molar-refractivity contribution < 1.29 is 0 Å². The monoisotopic (exact) mass is 486 g/mol. The van der Waals surface area contributed by atoms with Crippen LogP contribution in [0.5, 0.6) is 0 Å². The summed E-state index contributed by atoms with van der Waals surface area (Å²) in [4.78, 5) is 0. The van der Waals surface area contributed by atoms with Gasteiger partial charge in [0.15, 0.2) is 0 Å². The van der Waals surface area contributed by atoms with Crippen LogP contribution in [0, 0.1) is 0 Å². The van der Waals surface area contributed by atoms with Gasteiger partial charge in [-0.2, -0.15) is 0 Å². The van der Waals surface area contributed by atoms with Crippen molar-refractivity contribution in [2.24, 2.45) is 0 Å². The van der Waals surface area contributed by atoms with Crippen molar-refractivity contribution in [1.29, 1.82) is 0 Å². The van der Waals surface area contributed by atoms with Crippen molar-refractivity contribution in [2.45, 2.75) is 12.8 Å². The highest BCUT2D eigenvalue weighted by Crippen LogP contribution is 2.36. The smallest absolute Gasteiger partial charge is 0.0541 e. The van der Waals surface area contributed by atoms with Gasteiger partial charge in [-0.3, -0.25) is 0 Å². The molecule has 180 valence electrons. The Hall–Kier alpha value is -4.82. The molecule has 1 aliphatic rings. The number of nitrogens with zero attached hydrogens (tertiary/aromatic N) is 2. The summed E-state index contributed by atoms with van der Waals surface area (Å²) < 4.78 is 4.83. The molecule has 5 aromatic carbocycles. The molecule has 0 unspecified atom stereocenters. The van der Waals surface area contributed by atoms with Crippen LogP contribution in [0.15, 0.2) is 127 Å². The number of rotatable bonds is 3. The summed E-state index contributed by atoms with van der Waals surface area (Å²) >= 11 is 0. The Labute approximate surface area is 221 Å². The van der Waals surface area contributed by atoms with Crippen molar-refractivity contribution in [1.82, 2.24) is 9.13 Å². The average Bonchev–Trinajstić information content (AvgIpc) is 3.51. The van der Waals surface area contributed by atoms with Crippen LogP contribution in [0.3, 0.4) is 0 Å². The van der Waals surface area contributed by atoms with Gasteiger partial charge in [0.25, 0.3) is 0 Å². The molecule has 7 aromatic rings. The normalized spacial score (nSPS) is 12.9. The van der Waals surface area contributed by atoms with Crippen LogP contribution in [0.2, 0.25) is 0 Å². The molecule has 2 nitrogen and oxygen atoms in total. The standard InChI is InChI=1S/C36H26N2/c1-5-16-33-29(12-1)30-13-2-6-17-34(30)37(33)27-22-20-25(21-23-27)26-10-9-11-28(24-26)38-35-18-7-3-14-31(35)32-15-4-8-19-36(32)38/h1-5,7-16,18-24H,6,17H2. The van der Waals surface area contributed by atoms with Crippen molar-refractivity contribution >= 4 is 38.8 Å². The first kappa shape index (κ1) is 21.3. The number of allylic oxidation sites excluding steroid dienone is 1. The minimum atomic E-state index is 1.07. The Morgan fingerprint density at radius 1 is 0.474 bits per heavy atom. The van der Waals surface area contributed by atoms with Gasteiger partial charge < -0.3 is 9.13 Å². The highest BCUT2D eigenvalue weighted by molar-refractivity contribution is 6.09. The second-order valence-corrected chi connectivity index (χ2v) is 10.1. The maximum atomic E-state index is 2.45. The third-order valence-electron chi connectivity index (χ3n) is 7.99. The van der Waals surface area contributed by atoms with Gasteiger partial charge >= 0.3 is 0 Å². The van der Waals surface area contributed by atoms with Gasteiger partial charge in [0.1, 0.15) is 0 Å². The van der Waals surface area contributed by atoms with E-state index in [1.54, 1.807) is 0 Å². The Bertz CT molecular complexity index is 1960. The maximum Gasteiger partial charge on any atom is 0.0541 e. The maximum absolute atomic E-state index is 2.45. The van der Waals surface area contributed by atoms with E-state index in [0.29, 0.717) is 0 Å². The number of hydrogen-bond donors (Lipinski definition) is 0. The van der Waals surface area contributed by atoms with E-state index in [-0.39, 0.29) is 0 Å². The summed E-state index contributed by atoms with van der Waals surface area (Å²) in [6.07, 6.45) is 6.76. The zero-order valence-corrected chi connectivity index (χ0v) is 21.0. The quantitative estimate of drug-likeness (QED) is 0.235. The summed E-state index contributed by atoms with van der Waals surface area (Å²) in [6.45, 7) is 0. The summed E-state index contributed by atoms with van der Waals surface area (Å²) in [5.41, 5.74) is 11.4. The Balaban J connectivity index is 1.24. The minimum absolute atomic E-state index is 1.07. The highest BCUT2D eigenvalue weighted by atomic mass is 15.0. The third kappa shape index (κ3) is 3.13. The Kier molecular flexibility index (Phi) is 4.68. The first-order valence-corrected chi connectivity index (χ1v) is 13.4. The molecule has 0 N–H and O–H groups in total. The zero-order chi connectivity index (χ0) is 25.1. The van der Waals surface area contributed by atoms with E-state index in [2.05, 4.69) is 143 Å². The minimum Gasteiger partial charge on any atom is -0.313 e. The summed E-state index contributed by atoms with van der Waals surface area (Å²) in [6, 6.07) is 44.1. The molecule has 0 bridgehead atoms. The predicted octanol–water partition coefficient (Wildman–Crippen LogP) is 9.35. The lowest BCUT2D eigenvalue weighted by Gasteiger charge is -2.14. The highest BCUT2D eigenvalue weighted by Gasteiger charge is 2.18. The van der Waals surface area contributed by atoms with Gasteiger partial charge in [0.2, 0.25) is 0 Å². The summed E-state index contributed by atoms with van der Waals surface area (Å²) in [5.74, 6) is 0. The van der Waals surface area contributed by atoms with E-state index in [0.717, 1.165) is 12.8 Å². The van der Waals surface area contributed by atoms with Crippen molar-refractivity contribution in [2.75, 3.05) is 0 Å². The van der Waals surface area contributed by atoms with E-state index < -0.39 is 0 Å². The van der Waals surface area contributed by atoms with Gasteiger partial charge in [-0.1, -0.05) is 91.0 Å². The van der Waals surface area contributed by atoms with Crippen LogP contribution in [-0.2, 0) is 6.42 Å². The average molecular weight is 487 g/mol. The van der Waals surface area contributed by atoms with Crippen LogP contribution in [0.4, 0.5) is 0 Å². The molecule has 2 heterocycles. The third-order valence-corrected chi connectivity index (χ3v) is 7.99. The van der Waals surface area contributed by atoms with Gasteiger partial charge in [0.05, 0.1) is 16.6 Å². The first-order valence-electron chi connectivity index (χ1n) is 13.4. The van der Waals surface area contributed by atoms with Crippen molar-refractivity contribution in [3.63, 3.8) is 0 Å². The Morgan fingerprint density at radius 3 is 1.82 bits per heavy atom. The fourth-order valence-corrected chi connectivity index (χ4v) is 6.29. The molecular formula is C36H26N2. The van der Waals surface area contributed by atoms with Crippen LogP contribution < -0.4 is 0 Å². The van der Waals surface area contributed by atoms with E-state index >= 15 is 0 Å². The SMILES string of the molecule is C1=Cc2c(n(-c3ccc(-c4cccc(-n5c6ccccc6c6ccccc65)c4)cc3)c3ccccc23)CC1. The fraction of sp³-hybridized carbons (Fsp3) is 0.0556. The zero-order valence-electron chi connectivity index (χ0n) is 21.0. The van der Waals surface area contributed by atoms with E-state index in [9.17, 15) is 0 Å². The van der Waals surface area contributed by atoms with Crippen molar-refractivity contribution in [3.8, 4) is 22.5 Å². The topological polar surface area (TPSA) is 9.86 Å². The van der Waals surface area contributed by atoms with Gasteiger partial charge in [-0.05, 0) is 66.4 Å². The van der Waals surface area contributed by atoms with E-state index in [1.165, 1.54) is 66.5 Å². The molecule has 0 fully saturated rings. The van der Waals surface area contributed by atoms with E-state index in [1.807, 2.05) is 0 Å². The molecule has 0 saturated carbocycles. The number of para-hydroxylation sites is 3. The van der Waals surface area contributed by atoms with E-state index in [4.69, 9.17) is 0 Å². The lowest BCUT2D eigenvalue weighted by Crippen LogP contribution is -2.02. The largest absolute Gasteiger partial charge is 0.313 e. The van der Waals surface area contributed by atoms with Crippen LogP contribution in [0.1, 0.15) is 17.7 Å². The van der Waals surface area contributed by atoms with Gasteiger partial charge in [-0.25, -0.2) is 0 Å². The fourth-order valence-electron chi connectivity index (χ4n) is 6.29. The molecule has 8 rings (SSSR count). The number of hydrogen-bond acceptors (Lipinski definition) is 0. The second-order valence-electron chi connectivity index (χ2n) is 10.1. The first-order chi connectivity index (χ1) is 18.9. The molecular weight excluding hydrogens is 460 g/mol. The second kappa shape index (κ2) is 8.36. The molecule has 0 atom stereocenters. The molecule has 0 radical (unpaired) electrons. The molecule has 2 heteroatoms. The van der Waals surface area contributed by atoms with Gasteiger partial charge in [-0.15, -0.1) is 0 Å². The Morgan fingerprint density at radius 2 is 1.11 bits per heavy atom. The predicted molar refractivity (Wildman–Crippen MR) is 160 cm³/mol. The molecule has 0 aliphatic heterocycles. The van der Waals surface area contributed by atoms with Crippen LogP contribution in [-0.4, -0.2) is 9.13 Å². The molecule has 0 amide bonds. The molecule has 1 aliphatic carbocycles. The molecule has 0 spiro atoms. The van der Waals surface area contributed by atoms with Crippen LogP contribution in [0.25, 0.3) is 61.3 Å². The van der Waals surface area contributed by atoms with Crippen LogP contribution >= 0.6 is 0 Å². The summed E-state index contributed by atoms with van der Waals surface area (Å²) in [7, 11) is 0. The van der Waals surface area contributed by atoms with Gasteiger partial charge in [0, 0.05) is 38.8 Å². The number of benzene rings is 5. The molecule has 0 saturated heterocycles.